The number of hydrogen-bond donors (Lipinski definition) is 0. The van der Waals surface area contributed by atoms with Crippen LogP contribution in [0.2, 0.25) is 0 Å². The molecule has 0 heterocycles. The van der Waals surface area contributed by atoms with Crippen LogP contribution in [0.3, 0.4) is 0 Å². The molecule has 0 aromatic heterocycles. The second-order valence-corrected chi connectivity index (χ2v) is 9.02. The molecule has 0 N–H and O–H groups in total. The fourth-order valence-corrected chi connectivity index (χ4v) is 4.96. The number of carbonyl (C=O) groups is 2. The molecule has 37 heavy (non-hydrogen) atoms. The first-order valence-electron chi connectivity index (χ1n) is 11.9. The summed E-state index contributed by atoms with van der Waals surface area (Å²) in [4.78, 5) is 23.9. The zero-order valence-corrected chi connectivity index (χ0v) is 19.8. The minimum Gasteiger partial charge on any atom is -0.465 e. The predicted molar refractivity (Wildman–Crippen MR) is 135 cm³/mol. The Morgan fingerprint density at radius 3 is 2.14 bits per heavy atom. The highest BCUT2D eigenvalue weighted by Crippen LogP contribution is 2.44. The normalized spacial score (nSPS) is 12.6. The van der Waals surface area contributed by atoms with Gasteiger partial charge in [-0.1, -0.05) is 72.8 Å². The molecule has 1 aliphatic rings. The third-order valence-corrected chi connectivity index (χ3v) is 6.74. The minimum absolute atomic E-state index is 0.0707. The SMILES string of the molecule is O=Cc1cccc(-c2ccc(C(F)(F)F)cc2CCC(=O)OCC2c3ccccc3-c3ccccc32)c1. The van der Waals surface area contributed by atoms with E-state index in [0.717, 1.165) is 34.4 Å². The molecule has 0 atom stereocenters. The summed E-state index contributed by atoms with van der Waals surface area (Å²) in [6.07, 6.45) is -3.83. The summed E-state index contributed by atoms with van der Waals surface area (Å²) in [7, 11) is 0. The summed E-state index contributed by atoms with van der Waals surface area (Å²) in [6, 6.07) is 26.1. The van der Waals surface area contributed by atoms with E-state index in [1.807, 2.05) is 48.5 Å². The van der Waals surface area contributed by atoms with E-state index < -0.39 is 17.7 Å². The maximum atomic E-state index is 13.4. The molecule has 0 radical (unpaired) electrons. The van der Waals surface area contributed by atoms with Gasteiger partial charge in [-0.3, -0.25) is 9.59 Å². The van der Waals surface area contributed by atoms with Crippen LogP contribution < -0.4 is 0 Å². The van der Waals surface area contributed by atoms with E-state index in [2.05, 4.69) is 0 Å². The van der Waals surface area contributed by atoms with Crippen molar-refractivity contribution in [3.05, 3.63) is 119 Å². The second kappa shape index (κ2) is 10.1. The molecule has 0 saturated carbocycles. The number of carbonyl (C=O) groups excluding carboxylic acids is 2. The summed E-state index contributed by atoms with van der Waals surface area (Å²) in [5, 5.41) is 0. The van der Waals surface area contributed by atoms with Crippen molar-refractivity contribution in [2.75, 3.05) is 6.61 Å². The van der Waals surface area contributed by atoms with Crippen LogP contribution in [0.4, 0.5) is 13.2 Å². The van der Waals surface area contributed by atoms with Gasteiger partial charge in [0, 0.05) is 17.9 Å². The Labute approximate surface area is 212 Å². The lowest BCUT2D eigenvalue weighted by Gasteiger charge is -2.16. The summed E-state index contributed by atoms with van der Waals surface area (Å²) in [6.45, 7) is 0.156. The van der Waals surface area contributed by atoms with Gasteiger partial charge in [-0.15, -0.1) is 0 Å². The molecule has 0 fully saturated rings. The van der Waals surface area contributed by atoms with Crippen molar-refractivity contribution < 1.29 is 27.5 Å². The summed E-state index contributed by atoms with van der Waals surface area (Å²) in [5.74, 6) is -0.571. The second-order valence-electron chi connectivity index (χ2n) is 9.02. The van der Waals surface area contributed by atoms with Gasteiger partial charge in [0.15, 0.2) is 0 Å². The van der Waals surface area contributed by atoms with E-state index in [9.17, 15) is 22.8 Å². The molecule has 4 aromatic rings. The number of hydrogen-bond acceptors (Lipinski definition) is 3. The fourth-order valence-electron chi connectivity index (χ4n) is 4.96. The number of rotatable bonds is 7. The molecule has 0 bridgehead atoms. The van der Waals surface area contributed by atoms with Gasteiger partial charge in [-0.2, -0.15) is 13.2 Å². The number of esters is 1. The Balaban J connectivity index is 1.33. The Bertz CT molecular complexity index is 1430. The zero-order chi connectivity index (χ0) is 26.0. The maximum absolute atomic E-state index is 13.4. The van der Waals surface area contributed by atoms with Gasteiger partial charge in [-0.25, -0.2) is 0 Å². The standard InChI is InChI=1S/C31H23F3O3/c32-31(33,34)23-13-14-24(21-7-5-6-20(16-21)18-35)22(17-23)12-15-30(36)37-19-29-27-10-3-1-8-25(27)26-9-2-4-11-28(26)29/h1-11,13-14,16-18,29H,12,15,19H2. The van der Waals surface area contributed by atoms with E-state index in [4.69, 9.17) is 4.74 Å². The molecule has 3 nitrogen and oxygen atoms in total. The largest absolute Gasteiger partial charge is 0.465 e. The lowest BCUT2D eigenvalue weighted by Crippen LogP contribution is -2.13. The molecule has 0 saturated heterocycles. The average Bonchev–Trinajstić information content (AvgIpc) is 3.23. The molecule has 5 rings (SSSR count). The maximum Gasteiger partial charge on any atom is 0.416 e. The summed E-state index contributed by atoms with van der Waals surface area (Å²) >= 11 is 0. The number of ether oxygens (including phenoxy) is 1. The molecule has 0 amide bonds. The third-order valence-electron chi connectivity index (χ3n) is 6.74. The van der Waals surface area contributed by atoms with Crippen molar-refractivity contribution in [2.45, 2.75) is 24.9 Å². The van der Waals surface area contributed by atoms with E-state index >= 15 is 0 Å². The van der Waals surface area contributed by atoms with Crippen LogP contribution in [0.1, 0.15) is 45.0 Å². The van der Waals surface area contributed by atoms with Gasteiger partial charge in [0.2, 0.25) is 0 Å². The van der Waals surface area contributed by atoms with Crippen LogP contribution in [0.25, 0.3) is 22.3 Å². The zero-order valence-electron chi connectivity index (χ0n) is 19.8. The van der Waals surface area contributed by atoms with Crippen molar-refractivity contribution in [3.63, 3.8) is 0 Å². The average molecular weight is 501 g/mol. The van der Waals surface area contributed by atoms with E-state index in [-0.39, 0.29) is 25.4 Å². The number of fused-ring (bicyclic) bond motifs is 3. The summed E-state index contributed by atoms with van der Waals surface area (Å²) < 4.78 is 45.9. The van der Waals surface area contributed by atoms with Gasteiger partial charge in [-0.05, 0) is 63.6 Å². The van der Waals surface area contributed by atoms with Crippen molar-refractivity contribution in [1.82, 2.24) is 0 Å². The Kier molecular flexibility index (Phi) is 6.66. The van der Waals surface area contributed by atoms with Crippen LogP contribution >= 0.6 is 0 Å². The number of aldehydes is 1. The van der Waals surface area contributed by atoms with Crippen LogP contribution in [0.5, 0.6) is 0 Å². The van der Waals surface area contributed by atoms with Gasteiger partial charge >= 0.3 is 12.1 Å². The highest BCUT2D eigenvalue weighted by Gasteiger charge is 2.31. The molecule has 186 valence electrons. The molecule has 6 heteroatoms. The number of alkyl halides is 3. The van der Waals surface area contributed by atoms with Gasteiger partial charge in [0.25, 0.3) is 0 Å². The van der Waals surface area contributed by atoms with Crippen molar-refractivity contribution in [3.8, 4) is 22.3 Å². The Morgan fingerprint density at radius 1 is 0.811 bits per heavy atom. The topological polar surface area (TPSA) is 43.4 Å². The van der Waals surface area contributed by atoms with Crippen LogP contribution in [-0.2, 0) is 22.1 Å². The molecule has 0 unspecified atom stereocenters. The first kappa shape index (κ1) is 24.5. The molecular weight excluding hydrogens is 477 g/mol. The van der Waals surface area contributed by atoms with E-state index in [1.165, 1.54) is 6.07 Å². The lowest BCUT2D eigenvalue weighted by molar-refractivity contribution is -0.143. The van der Waals surface area contributed by atoms with Crippen molar-refractivity contribution in [1.29, 1.82) is 0 Å². The van der Waals surface area contributed by atoms with Crippen molar-refractivity contribution in [2.24, 2.45) is 0 Å². The number of halogens is 3. The fraction of sp³-hybridized carbons (Fsp3) is 0.161. The van der Waals surface area contributed by atoms with Crippen LogP contribution in [0.15, 0.2) is 91.0 Å². The Hall–Kier alpha value is -4.19. The van der Waals surface area contributed by atoms with Gasteiger partial charge in [0.05, 0.1) is 5.56 Å². The first-order valence-corrected chi connectivity index (χ1v) is 11.9. The van der Waals surface area contributed by atoms with Crippen LogP contribution in [0, 0.1) is 0 Å². The van der Waals surface area contributed by atoms with Gasteiger partial charge < -0.3 is 4.74 Å². The van der Waals surface area contributed by atoms with Crippen molar-refractivity contribution >= 4 is 12.3 Å². The molecule has 0 spiro atoms. The van der Waals surface area contributed by atoms with Gasteiger partial charge in [0.1, 0.15) is 12.9 Å². The number of benzene rings is 4. The Morgan fingerprint density at radius 2 is 1.49 bits per heavy atom. The quantitative estimate of drug-likeness (QED) is 0.195. The lowest BCUT2D eigenvalue weighted by atomic mass is 9.93. The van der Waals surface area contributed by atoms with E-state index in [0.29, 0.717) is 28.5 Å². The predicted octanol–water partition coefficient (Wildman–Crippen LogP) is 7.47. The monoisotopic (exact) mass is 500 g/mol. The molecule has 1 aliphatic carbocycles. The van der Waals surface area contributed by atoms with Crippen LogP contribution in [-0.4, -0.2) is 18.9 Å². The smallest absolute Gasteiger partial charge is 0.416 e. The highest BCUT2D eigenvalue weighted by atomic mass is 19.4. The minimum atomic E-state index is -4.51. The molecular formula is C31H23F3O3. The molecule has 0 aliphatic heterocycles. The molecule has 4 aromatic carbocycles. The third kappa shape index (κ3) is 5.05. The van der Waals surface area contributed by atoms with E-state index in [1.54, 1.807) is 24.3 Å². The first-order chi connectivity index (χ1) is 17.8. The number of aryl methyl sites for hydroxylation is 1. The summed E-state index contributed by atoms with van der Waals surface area (Å²) in [5.41, 5.74) is 5.56. The highest BCUT2D eigenvalue weighted by molar-refractivity contribution is 5.81.